The van der Waals surface area contributed by atoms with Gasteiger partial charge < -0.3 is 9.84 Å². The maximum Gasteiger partial charge on any atom is 0.228 e. The average Bonchev–Trinajstić information content (AvgIpc) is 2.53. The first kappa shape index (κ1) is 11.2. The molecule has 0 saturated carbocycles. The van der Waals surface area contributed by atoms with Crippen LogP contribution in [0, 0.1) is 0 Å². The number of likely N-dealkylation sites (N-methyl/N-ethyl adjacent to an activating group) is 1. The molecule has 0 spiro atoms. The molecule has 0 unspecified atom stereocenters. The van der Waals surface area contributed by atoms with E-state index in [0.29, 0.717) is 12.0 Å². The number of nitrogens with zero attached hydrogens (tertiary/aromatic N) is 2. The molecule has 0 fully saturated rings. The summed E-state index contributed by atoms with van der Waals surface area (Å²) in [5, 5.41) is 7.22. The number of hydrogen-bond donors (Lipinski definition) is 1. The zero-order valence-corrected chi connectivity index (χ0v) is 9.37. The molecule has 0 aliphatic heterocycles. The van der Waals surface area contributed by atoms with Crippen LogP contribution >= 0.6 is 0 Å². The van der Waals surface area contributed by atoms with Gasteiger partial charge in [-0.15, -0.1) is 0 Å². The lowest BCUT2D eigenvalue weighted by molar-refractivity contribution is 0.357. The second kappa shape index (κ2) is 5.10. The molecule has 0 saturated heterocycles. The van der Waals surface area contributed by atoms with E-state index in [4.69, 9.17) is 4.52 Å². The van der Waals surface area contributed by atoms with E-state index in [1.165, 1.54) is 0 Å². The molecule has 4 heteroatoms. The van der Waals surface area contributed by atoms with E-state index < -0.39 is 0 Å². The smallest absolute Gasteiger partial charge is 0.228 e. The largest absolute Gasteiger partial charge is 0.339 e. The SMILES string of the molecule is CCN[C@@H](C)Cc1nc(C(C)C)no1. The van der Waals surface area contributed by atoms with Crippen molar-refractivity contribution in [1.82, 2.24) is 15.5 Å². The highest BCUT2D eigenvalue weighted by atomic mass is 16.5. The van der Waals surface area contributed by atoms with Crippen LogP contribution in [-0.2, 0) is 6.42 Å². The molecule has 80 valence electrons. The zero-order chi connectivity index (χ0) is 10.6. The summed E-state index contributed by atoms with van der Waals surface area (Å²) in [4.78, 5) is 4.31. The van der Waals surface area contributed by atoms with Crippen molar-refractivity contribution >= 4 is 0 Å². The fourth-order valence-electron chi connectivity index (χ4n) is 1.27. The molecule has 14 heavy (non-hydrogen) atoms. The van der Waals surface area contributed by atoms with Crippen LogP contribution in [0.25, 0.3) is 0 Å². The highest BCUT2D eigenvalue weighted by molar-refractivity contribution is 4.92. The van der Waals surface area contributed by atoms with Gasteiger partial charge in [-0.2, -0.15) is 4.98 Å². The third-order valence-corrected chi connectivity index (χ3v) is 2.03. The van der Waals surface area contributed by atoms with Gasteiger partial charge in [-0.05, 0) is 13.5 Å². The van der Waals surface area contributed by atoms with Crippen molar-refractivity contribution in [1.29, 1.82) is 0 Å². The predicted octanol–water partition coefficient (Wildman–Crippen LogP) is 1.73. The first-order valence-corrected chi connectivity index (χ1v) is 5.19. The van der Waals surface area contributed by atoms with Gasteiger partial charge in [0.2, 0.25) is 5.89 Å². The van der Waals surface area contributed by atoms with Crippen molar-refractivity contribution in [3.8, 4) is 0 Å². The molecule has 4 nitrogen and oxygen atoms in total. The predicted molar refractivity (Wildman–Crippen MR) is 55.2 cm³/mol. The minimum absolute atomic E-state index is 0.335. The lowest BCUT2D eigenvalue weighted by Crippen LogP contribution is -2.27. The van der Waals surface area contributed by atoms with E-state index in [0.717, 1.165) is 24.7 Å². The zero-order valence-electron chi connectivity index (χ0n) is 9.37. The van der Waals surface area contributed by atoms with Gasteiger partial charge in [0.15, 0.2) is 5.82 Å². The van der Waals surface area contributed by atoms with Gasteiger partial charge in [0.25, 0.3) is 0 Å². The molecule has 1 aromatic heterocycles. The summed E-state index contributed by atoms with van der Waals surface area (Å²) in [6.45, 7) is 9.28. The van der Waals surface area contributed by atoms with Gasteiger partial charge in [0, 0.05) is 18.4 Å². The third-order valence-electron chi connectivity index (χ3n) is 2.03. The van der Waals surface area contributed by atoms with Crippen LogP contribution < -0.4 is 5.32 Å². The van der Waals surface area contributed by atoms with Gasteiger partial charge in [0.1, 0.15) is 0 Å². The number of rotatable bonds is 5. The molecule has 0 aliphatic rings. The minimum atomic E-state index is 0.335. The highest BCUT2D eigenvalue weighted by Crippen LogP contribution is 2.10. The Morgan fingerprint density at radius 2 is 2.07 bits per heavy atom. The summed E-state index contributed by atoms with van der Waals surface area (Å²) in [6, 6.07) is 0.389. The topological polar surface area (TPSA) is 51.0 Å². The maximum atomic E-state index is 5.14. The van der Waals surface area contributed by atoms with Crippen LogP contribution in [0.5, 0.6) is 0 Å². The third kappa shape index (κ3) is 3.10. The summed E-state index contributed by atoms with van der Waals surface area (Å²) >= 11 is 0. The van der Waals surface area contributed by atoms with E-state index in [9.17, 15) is 0 Å². The van der Waals surface area contributed by atoms with Crippen LogP contribution in [0.3, 0.4) is 0 Å². The van der Waals surface area contributed by atoms with Crippen molar-refractivity contribution in [2.45, 2.75) is 46.1 Å². The molecular weight excluding hydrogens is 178 g/mol. The molecule has 0 amide bonds. The summed E-state index contributed by atoms with van der Waals surface area (Å²) < 4.78 is 5.14. The van der Waals surface area contributed by atoms with Crippen molar-refractivity contribution < 1.29 is 4.52 Å². The Balaban J connectivity index is 2.51. The molecule has 0 aromatic carbocycles. The minimum Gasteiger partial charge on any atom is -0.339 e. The number of hydrogen-bond acceptors (Lipinski definition) is 4. The fraction of sp³-hybridized carbons (Fsp3) is 0.800. The van der Waals surface area contributed by atoms with E-state index in [-0.39, 0.29) is 0 Å². The summed E-state index contributed by atoms with van der Waals surface area (Å²) in [5.74, 6) is 1.85. The number of aromatic nitrogens is 2. The molecule has 1 rings (SSSR count). The molecule has 1 heterocycles. The van der Waals surface area contributed by atoms with Crippen LogP contribution in [-0.4, -0.2) is 22.7 Å². The van der Waals surface area contributed by atoms with E-state index >= 15 is 0 Å². The van der Waals surface area contributed by atoms with Crippen molar-refractivity contribution in [3.63, 3.8) is 0 Å². The standard InChI is InChI=1S/C10H19N3O/c1-5-11-8(4)6-9-12-10(7(2)3)13-14-9/h7-8,11H,5-6H2,1-4H3/t8-/m0/s1. The monoisotopic (exact) mass is 197 g/mol. The van der Waals surface area contributed by atoms with Crippen molar-refractivity contribution in [2.75, 3.05) is 6.54 Å². The molecule has 1 N–H and O–H groups in total. The van der Waals surface area contributed by atoms with E-state index in [1.54, 1.807) is 0 Å². The van der Waals surface area contributed by atoms with Crippen LogP contribution in [0.1, 0.15) is 45.3 Å². The van der Waals surface area contributed by atoms with Gasteiger partial charge in [-0.1, -0.05) is 25.9 Å². The van der Waals surface area contributed by atoms with Gasteiger partial charge in [0.05, 0.1) is 0 Å². The van der Waals surface area contributed by atoms with E-state index in [1.807, 2.05) is 0 Å². The molecule has 0 aliphatic carbocycles. The summed E-state index contributed by atoms with van der Waals surface area (Å²) in [6.07, 6.45) is 0.799. The van der Waals surface area contributed by atoms with Gasteiger partial charge in [-0.3, -0.25) is 0 Å². The van der Waals surface area contributed by atoms with Crippen molar-refractivity contribution in [3.05, 3.63) is 11.7 Å². The first-order valence-electron chi connectivity index (χ1n) is 5.19. The average molecular weight is 197 g/mol. The maximum absolute atomic E-state index is 5.14. The normalized spacial score (nSPS) is 13.5. The Hall–Kier alpha value is -0.900. The van der Waals surface area contributed by atoms with Crippen LogP contribution in [0.15, 0.2) is 4.52 Å². The van der Waals surface area contributed by atoms with Crippen molar-refractivity contribution in [2.24, 2.45) is 0 Å². The Labute approximate surface area is 85.1 Å². The van der Waals surface area contributed by atoms with Crippen LogP contribution in [0.4, 0.5) is 0 Å². The first-order chi connectivity index (χ1) is 6.63. The molecule has 1 aromatic rings. The Bertz CT molecular complexity index is 270. The number of nitrogens with one attached hydrogen (secondary N) is 1. The lowest BCUT2D eigenvalue weighted by Gasteiger charge is -2.07. The quantitative estimate of drug-likeness (QED) is 0.781. The highest BCUT2D eigenvalue weighted by Gasteiger charge is 2.11. The van der Waals surface area contributed by atoms with E-state index in [2.05, 4.69) is 43.2 Å². The molecule has 0 bridgehead atoms. The Kier molecular flexibility index (Phi) is 4.07. The Morgan fingerprint density at radius 3 is 2.57 bits per heavy atom. The fourth-order valence-corrected chi connectivity index (χ4v) is 1.27. The van der Waals surface area contributed by atoms with Gasteiger partial charge in [-0.25, -0.2) is 0 Å². The Morgan fingerprint density at radius 1 is 1.36 bits per heavy atom. The molecular formula is C10H19N3O. The summed E-state index contributed by atoms with van der Waals surface area (Å²) in [5.41, 5.74) is 0. The summed E-state index contributed by atoms with van der Waals surface area (Å²) in [7, 11) is 0. The van der Waals surface area contributed by atoms with Gasteiger partial charge >= 0.3 is 0 Å². The lowest BCUT2D eigenvalue weighted by atomic mass is 10.2. The second-order valence-electron chi connectivity index (χ2n) is 3.86. The van der Waals surface area contributed by atoms with Crippen LogP contribution in [0.2, 0.25) is 0 Å². The molecule has 1 atom stereocenters. The second-order valence-corrected chi connectivity index (χ2v) is 3.86. The molecule has 0 radical (unpaired) electrons.